The minimum absolute atomic E-state index is 0.178. The Hall–Kier alpha value is -1.95. The highest BCUT2D eigenvalue weighted by Gasteiger charge is 2.15. The van der Waals surface area contributed by atoms with Crippen molar-refractivity contribution < 1.29 is 4.79 Å². The van der Waals surface area contributed by atoms with E-state index in [0.29, 0.717) is 11.4 Å². The minimum Gasteiger partial charge on any atom is -0.356 e. The normalized spacial score (nSPS) is 14.2. The number of anilines is 2. The molecule has 1 aromatic heterocycles. The van der Waals surface area contributed by atoms with Gasteiger partial charge in [-0.05, 0) is 31.0 Å². The Morgan fingerprint density at radius 1 is 1.19 bits per heavy atom. The van der Waals surface area contributed by atoms with Crippen LogP contribution in [0.15, 0.2) is 41.1 Å². The van der Waals surface area contributed by atoms with Crippen molar-refractivity contribution in [3.8, 4) is 0 Å². The standard InChI is InChI=1S/C15H15BrN4O/c16-12-5-3-4-11(8-12)15(21)19-13-9-14(18-10-17-13)20-6-1-2-7-20/h3-5,8-10H,1-2,6-7H2,(H,17,18,19,21). The molecule has 1 aliphatic rings. The van der Waals surface area contributed by atoms with Crippen molar-refractivity contribution in [2.24, 2.45) is 0 Å². The number of halogens is 1. The molecule has 21 heavy (non-hydrogen) atoms. The van der Waals surface area contributed by atoms with Crippen LogP contribution in [0, 0.1) is 0 Å². The van der Waals surface area contributed by atoms with Crippen molar-refractivity contribution in [3.63, 3.8) is 0 Å². The molecule has 3 rings (SSSR count). The number of hydrogen-bond donors (Lipinski definition) is 1. The van der Waals surface area contributed by atoms with E-state index in [1.54, 1.807) is 12.1 Å². The molecule has 6 heteroatoms. The number of amides is 1. The van der Waals surface area contributed by atoms with Gasteiger partial charge in [0.25, 0.3) is 5.91 Å². The predicted octanol–water partition coefficient (Wildman–Crippen LogP) is 3.09. The van der Waals surface area contributed by atoms with Crippen LogP contribution < -0.4 is 10.2 Å². The highest BCUT2D eigenvalue weighted by Crippen LogP contribution is 2.20. The van der Waals surface area contributed by atoms with E-state index < -0.39 is 0 Å². The van der Waals surface area contributed by atoms with Gasteiger partial charge in [-0.1, -0.05) is 22.0 Å². The molecular formula is C15H15BrN4O. The lowest BCUT2D eigenvalue weighted by Gasteiger charge is -2.16. The molecule has 0 spiro atoms. The van der Waals surface area contributed by atoms with Gasteiger partial charge >= 0.3 is 0 Å². The summed E-state index contributed by atoms with van der Waals surface area (Å²) in [5.41, 5.74) is 0.589. The third kappa shape index (κ3) is 3.39. The van der Waals surface area contributed by atoms with Crippen LogP contribution in [0.25, 0.3) is 0 Å². The lowest BCUT2D eigenvalue weighted by Crippen LogP contribution is -2.20. The van der Waals surface area contributed by atoms with Gasteiger partial charge < -0.3 is 10.2 Å². The summed E-state index contributed by atoms with van der Waals surface area (Å²) in [6.07, 6.45) is 3.86. The molecule has 2 heterocycles. The Kier molecular flexibility index (Phi) is 4.15. The molecule has 0 atom stereocenters. The number of carbonyl (C=O) groups excluding carboxylic acids is 1. The van der Waals surface area contributed by atoms with Crippen molar-refractivity contribution in [1.29, 1.82) is 0 Å². The molecule has 0 bridgehead atoms. The Morgan fingerprint density at radius 3 is 2.76 bits per heavy atom. The molecule has 1 fully saturated rings. The molecule has 5 nitrogen and oxygen atoms in total. The predicted molar refractivity (Wildman–Crippen MR) is 85.6 cm³/mol. The Labute approximate surface area is 131 Å². The molecule has 0 aliphatic carbocycles. The van der Waals surface area contributed by atoms with E-state index in [4.69, 9.17) is 0 Å². The van der Waals surface area contributed by atoms with Gasteiger partial charge in [0.2, 0.25) is 0 Å². The van der Waals surface area contributed by atoms with Crippen LogP contribution in [0.1, 0.15) is 23.2 Å². The second kappa shape index (κ2) is 6.22. The fraction of sp³-hybridized carbons (Fsp3) is 0.267. The summed E-state index contributed by atoms with van der Waals surface area (Å²) in [7, 11) is 0. The second-order valence-electron chi connectivity index (χ2n) is 4.92. The number of hydrogen-bond acceptors (Lipinski definition) is 4. The van der Waals surface area contributed by atoms with E-state index in [0.717, 1.165) is 23.4 Å². The largest absolute Gasteiger partial charge is 0.356 e. The minimum atomic E-state index is -0.178. The van der Waals surface area contributed by atoms with Gasteiger partial charge in [0.1, 0.15) is 18.0 Å². The van der Waals surface area contributed by atoms with Crippen molar-refractivity contribution in [1.82, 2.24) is 9.97 Å². The molecule has 1 saturated heterocycles. The molecular weight excluding hydrogens is 332 g/mol. The summed E-state index contributed by atoms with van der Waals surface area (Å²) in [6, 6.07) is 9.07. The molecule has 1 aliphatic heterocycles. The van der Waals surface area contributed by atoms with Gasteiger partial charge in [-0.15, -0.1) is 0 Å². The van der Waals surface area contributed by atoms with Crippen LogP contribution in [-0.4, -0.2) is 29.0 Å². The highest BCUT2D eigenvalue weighted by molar-refractivity contribution is 9.10. The zero-order chi connectivity index (χ0) is 14.7. The fourth-order valence-corrected chi connectivity index (χ4v) is 2.75. The number of carbonyl (C=O) groups is 1. The van der Waals surface area contributed by atoms with E-state index in [9.17, 15) is 4.79 Å². The summed E-state index contributed by atoms with van der Waals surface area (Å²) < 4.78 is 0.871. The molecule has 0 radical (unpaired) electrons. The molecule has 108 valence electrons. The first-order valence-electron chi connectivity index (χ1n) is 6.86. The van der Waals surface area contributed by atoms with Crippen LogP contribution >= 0.6 is 15.9 Å². The van der Waals surface area contributed by atoms with Crippen molar-refractivity contribution in [2.75, 3.05) is 23.3 Å². The molecule has 1 N–H and O–H groups in total. The number of nitrogens with one attached hydrogen (secondary N) is 1. The Balaban J connectivity index is 1.75. The summed E-state index contributed by atoms with van der Waals surface area (Å²) in [5.74, 6) is 1.21. The van der Waals surface area contributed by atoms with Crippen LogP contribution in [-0.2, 0) is 0 Å². The summed E-state index contributed by atoms with van der Waals surface area (Å²) in [4.78, 5) is 22.8. The monoisotopic (exact) mass is 346 g/mol. The third-order valence-electron chi connectivity index (χ3n) is 3.41. The molecule has 1 aromatic carbocycles. The van der Waals surface area contributed by atoms with Gasteiger partial charge in [-0.2, -0.15) is 0 Å². The van der Waals surface area contributed by atoms with Crippen molar-refractivity contribution in [2.45, 2.75) is 12.8 Å². The van der Waals surface area contributed by atoms with Crippen LogP contribution in [0.3, 0.4) is 0 Å². The van der Waals surface area contributed by atoms with Gasteiger partial charge in [-0.3, -0.25) is 4.79 Å². The van der Waals surface area contributed by atoms with E-state index in [1.165, 1.54) is 19.2 Å². The smallest absolute Gasteiger partial charge is 0.256 e. The van der Waals surface area contributed by atoms with E-state index in [2.05, 4.69) is 36.1 Å². The van der Waals surface area contributed by atoms with E-state index in [1.807, 2.05) is 18.2 Å². The fourth-order valence-electron chi connectivity index (χ4n) is 2.35. The van der Waals surface area contributed by atoms with E-state index >= 15 is 0 Å². The first-order valence-corrected chi connectivity index (χ1v) is 7.65. The van der Waals surface area contributed by atoms with Crippen molar-refractivity contribution in [3.05, 3.63) is 46.7 Å². The molecule has 1 amide bonds. The average Bonchev–Trinajstić information content (AvgIpc) is 3.02. The maximum Gasteiger partial charge on any atom is 0.256 e. The highest BCUT2D eigenvalue weighted by atomic mass is 79.9. The van der Waals surface area contributed by atoms with Gasteiger partial charge in [0.15, 0.2) is 0 Å². The van der Waals surface area contributed by atoms with Gasteiger partial charge in [0, 0.05) is 29.2 Å². The molecule has 0 unspecified atom stereocenters. The maximum atomic E-state index is 12.2. The first kappa shape index (κ1) is 14.0. The van der Waals surface area contributed by atoms with Gasteiger partial charge in [0.05, 0.1) is 0 Å². The molecule has 0 saturated carbocycles. The lowest BCUT2D eigenvalue weighted by atomic mass is 10.2. The van der Waals surface area contributed by atoms with E-state index in [-0.39, 0.29) is 5.91 Å². The van der Waals surface area contributed by atoms with Crippen LogP contribution in [0.5, 0.6) is 0 Å². The quantitative estimate of drug-likeness (QED) is 0.927. The zero-order valence-corrected chi connectivity index (χ0v) is 13.0. The van der Waals surface area contributed by atoms with Crippen LogP contribution in [0.4, 0.5) is 11.6 Å². The van der Waals surface area contributed by atoms with Crippen LogP contribution in [0.2, 0.25) is 0 Å². The SMILES string of the molecule is O=C(Nc1cc(N2CCCC2)ncn1)c1cccc(Br)c1. The number of rotatable bonds is 3. The van der Waals surface area contributed by atoms with Gasteiger partial charge in [-0.25, -0.2) is 9.97 Å². The number of benzene rings is 1. The number of nitrogens with zero attached hydrogens (tertiary/aromatic N) is 3. The Morgan fingerprint density at radius 2 is 2.00 bits per heavy atom. The molecule has 2 aromatic rings. The van der Waals surface area contributed by atoms with Crippen molar-refractivity contribution >= 4 is 33.5 Å². The maximum absolute atomic E-state index is 12.2. The first-order chi connectivity index (χ1) is 10.2. The zero-order valence-electron chi connectivity index (χ0n) is 11.4. The lowest BCUT2D eigenvalue weighted by molar-refractivity contribution is 0.102. The average molecular weight is 347 g/mol. The summed E-state index contributed by atoms with van der Waals surface area (Å²) >= 11 is 3.36. The second-order valence-corrected chi connectivity index (χ2v) is 5.84. The third-order valence-corrected chi connectivity index (χ3v) is 3.90. The number of aromatic nitrogens is 2. The Bertz CT molecular complexity index is 656. The topological polar surface area (TPSA) is 58.1 Å². The summed E-state index contributed by atoms with van der Waals surface area (Å²) in [5, 5.41) is 2.81. The summed E-state index contributed by atoms with van der Waals surface area (Å²) in [6.45, 7) is 2.02.